The zero-order valence-electron chi connectivity index (χ0n) is 11.6. The standard InChI is InChI=1S/C14H15F3N4/c1-9-7-20-13(18-2)21-12(9)19-8-10-4-3-5-11(6-10)14(15,16)17/h3-7H,8H2,1-2H3,(H2,18,19,20,21). The fourth-order valence-corrected chi connectivity index (χ4v) is 1.78. The van der Waals surface area contributed by atoms with Gasteiger partial charge in [0.05, 0.1) is 5.56 Å². The molecule has 0 fully saturated rings. The Morgan fingerprint density at radius 2 is 2.00 bits per heavy atom. The molecule has 21 heavy (non-hydrogen) atoms. The van der Waals surface area contributed by atoms with Gasteiger partial charge in [0.2, 0.25) is 5.95 Å². The van der Waals surface area contributed by atoms with Gasteiger partial charge in [0.15, 0.2) is 0 Å². The van der Waals surface area contributed by atoms with Gasteiger partial charge in [0.25, 0.3) is 0 Å². The van der Waals surface area contributed by atoms with E-state index >= 15 is 0 Å². The number of aryl methyl sites for hydroxylation is 1. The highest BCUT2D eigenvalue weighted by molar-refractivity contribution is 5.46. The van der Waals surface area contributed by atoms with Gasteiger partial charge >= 0.3 is 6.18 Å². The van der Waals surface area contributed by atoms with Crippen LogP contribution in [-0.4, -0.2) is 17.0 Å². The Balaban J connectivity index is 2.13. The van der Waals surface area contributed by atoms with Crippen LogP contribution in [0.2, 0.25) is 0 Å². The molecular formula is C14H15F3N4. The molecule has 2 aromatic rings. The van der Waals surface area contributed by atoms with Gasteiger partial charge in [-0.15, -0.1) is 0 Å². The van der Waals surface area contributed by atoms with Gasteiger partial charge < -0.3 is 10.6 Å². The van der Waals surface area contributed by atoms with Crippen LogP contribution in [0.5, 0.6) is 0 Å². The van der Waals surface area contributed by atoms with Crippen molar-refractivity contribution in [2.24, 2.45) is 0 Å². The molecule has 1 aromatic carbocycles. The summed E-state index contributed by atoms with van der Waals surface area (Å²) < 4.78 is 37.9. The van der Waals surface area contributed by atoms with Gasteiger partial charge in [0.1, 0.15) is 5.82 Å². The topological polar surface area (TPSA) is 49.8 Å². The molecule has 0 saturated carbocycles. The van der Waals surface area contributed by atoms with Crippen LogP contribution in [-0.2, 0) is 12.7 Å². The molecule has 7 heteroatoms. The Morgan fingerprint density at radius 1 is 1.24 bits per heavy atom. The highest BCUT2D eigenvalue weighted by atomic mass is 19.4. The molecule has 0 spiro atoms. The Hall–Kier alpha value is -2.31. The molecule has 0 aliphatic rings. The molecule has 1 aromatic heterocycles. The predicted molar refractivity (Wildman–Crippen MR) is 75.1 cm³/mol. The van der Waals surface area contributed by atoms with Crippen molar-refractivity contribution >= 4 is 11.8 Å². The summed E-state index contributed by atoms with van der Waals surface area (Å²) in [5.74, 6) is 1.04. The van der Waals surface area contributed by atoms with E-state index in [2.05, 4.69) is 20.6 Å². The van der Waals surface area contributed by atoms with Crippen LogP contribution in [0.4, 0.5) is 24.9 Å². The van der Waals surface area contributed by atoms with Crippen molar-refractivity contribution in [3.63, 3.8) is 0 Å². The number of hydrogen-bond acceptors (Lipinski definition) is 4. The van der Waals surface area contributed by atoms with Gasteiger partial charge in [-0.3, -0.25) is 0 Å². The van der Waals surface area contributed by atoms with Crippen molar-refractivity contribution in [2.75, 3.05) is 17.7 Å². The maximum absolute atomic E-state index is 12.6. The van der Waals surface area contributed by atoms with Crippen LogP contribution < -0.4 is 10.6 Å². The van der Waals surface area contributed by atoms with E-state index in [1.54, 1.807) is 19.3 Å². The van der Waals surface area contributed by atoms with Crippen LogP contribution in [0, 0.1) is 6.92 Å². The van der Waals surface area contributed by atoms with Gasteiger partial charge in [-0.25, -0.2) is 4.98 Å². The van der Waals surface area contributed by atoms with Crippen LogP contribution >= 0.6 is 0 Å². The van der Waals surface area contributed by atoms with Crippen molar-refractivity contribution in [3.8, 4) is 0 Å². The number of halogens is 3. The maximum Gasteiger partial charge on any atom is 0.416 e. The molecule has 0 unspecified atom stereocenters. The highest BCUT2D eigenvalue weighted by Gasteiger charge is 2.30. The van der Waals surface area contributed by atoms with E-state index in [1.807, 2.05) is 6.92 Å². The number of rotatable bonds is 4. The van der Waals surface area contributed by atoms with Crippen LogP contribution in [0.1, 0.15) is 16.7 Å². The second-order valence-corrected chi connectivity index (χ2v) is 4.53. The molecule has 2 rings (SSSR count). The molecule has 1 heterocycles. The normalized spacial score (nSPS) is 11.3. The first kappa shape index (κ1) is 15.1. The lowest BCUT2D eigenvalue weighted by atomic mass is 10.1. The Morgan fingerprint density at radius 3 is 2.67 bits per heavy atom. The first-order chi connectivity index (χ1) is 9.90. The molecule has 0 saturated heterocycles. The van der Waals surface area contributed by atoms with Gasteiger partial charge in [-0.1, -0.05) is 12.1 Å². The third-order valence-electron chi connectivity index (χ3n) is 2.91. The molecule has 0 bridgehead atoms. The van der Waals surface area contributed by atoms with E-state index in [0.29, 0.717) is 17.3 Å². The molecule has 0 amide bonds. The van der Waals surface area contributed by atoms with Crippen LogP contribution in [0.3, 0.4) is 0 Å². The van der Waals surface area contributed by atoms with Gasteiger partial charge in [0, 0.05) is 25.4 Å². The summed E-state index contributed by atoms with van der Waals surface area (Å²) >= 11 is 0. The van der Waals surface area contributed by atoms with E-state index < -0.39 is 11.7 Å². The Kier molecular flexibility index (Phi) is 4.30. The number of alkyl halides is 3. The van der Waals surface area contributed by atoms with Gasteiger partial charge in [-0.05, 0) is 24.6 Å². The lowest BCUT2D eigenvalue weighted by molar-refractivity contribution is -0.137. The second-order valence-electron chi connectivity index (χ2n) is 4.53. The summed E-state index contributed by atoms with van der Waals surface area (Å²) in [7, 11) is 1.70. The number of benzene rings is 1. The van der Waals surface area contributed by atoms with Crippen LogP contribution in [0.25, 0.3) is 0 Å². The Labute approximate surface area is 120 Å². The van der Waals surface area contributed by atoms with E-state index in [-0.39, 0.29) is 6.54 Å². The molecule has 0 aliphatic heterocycles. The predicted octanol–water partition coefficient (Wildman–Crippen LogP) is 3.46. The second kappa shape index (κ2) is 5.99. The first-order valence-corrected chi connectivity index (χ1v) is 6.31. The summed E-state index contributed by atoms with van der Waals surface area (Å²) in [4.78, 5) is 8.27. The van der Waals surface area contributed by atoms with E-state index in [1.165, 1.54) is 6.07 Å². The molecule has 0 aliphatic carbocycles. The number of aromatic nitrogens is 2. The fraction of sp³-hybridized carbons (Fsp3) is 0.286. The average Bonchev–Trinajstić information content (AvgIpc) is 2.46. The molecular weight excluding hydrogens is 281 g/mol. The lowest BCUT2D eigenvalue weighted by Crippen LogP contribution is -2.08. The number of nitrogens with one attached hydrogen (secondary N) is 2. The summed E-state index contributed by atoms with van der Waals surface area (Å²) in [5, 5.41) is 5.83. The molecule has 2 N–H and O–H groups in total. The van der Waals surface area contributed by atoms with Crippen molar-refractivity contribution in [1.29, 1.82) is 0 Å². The van der Waals surface area contributed by atoms with E-state index in [0.717, 1.165) is 17.7 Å². The highest BCUT2D eigenvalue weighted by Crippen LogP contribution is 2.29. The lowest BCUT2D eigenvalue weighted by Gasteiger charge is -2.11. The van der Waals surface area contributed by atoms with Crippen LogP contribution in [0.15, 0.2) is 30.5 Å². The van der Waals surface area contributed by atoms with Crippen molar-refractivity contribution in [3.05, 3.63) is 47.2 Å². The zero-order valence-corrected chi connectivity index (χ0v) is 11.6. The summed E-state index contributed by atoms with van der Waals surface area (Å²) in [5.41, 5.74) is 0.701. The summed E-state index contributed by atoms with van der Waals surface area (Å²) in [6.07, 6.45) is -2.69. The number of hydrogen-bond donors (Lipinski definition) is 2. The molecule has 0 atom stereocenters. The minimum Gasteiger partial charge on any atom is -0.366 e. The molecule has 112 valence electrons. The van der Waals surface area contributed by atoms with Crippen molar-refractivity contribution in [1.82, 2.24) is 9.97 Å². The third kappa shape index (κ3) is 3.84. The van der Waals surface area contributed by atoms with E-state index in [9.17, 15) is 13.2 Å². The average molecular weight is 296 g/mol. The number of nitrogens with zero attached hydrogens (tertiary/aromatic N) is 2. The largest absolute Gasteiger partial charge is 0.416 e. The monoisotopic (exact) mass is 296 g/mol. The molecule has 4 nitrogen and oxygen atoms in total. The molecule has 0 radical (unpaired) electrons. The van der Waals surface area contributed by atoms with Crippen molar-refractivity contribution in [2.45, 2.75) is 19.6 Å². The minimum atomic E-state index is -4.33. The number of anilines is 2. The van der Waals surface area contributed by atoms with E-state index in [4.69, 9.17) is 0 Å². The maximum atomic E-state index is 12.6. The SMILES string of the molecule is CNc1ncc(C)c(NCc2cccc(C(F)(F)F)c2)n1. The van der Waals surface area contributed by atoms with Gasteiger partial charge in [-0.2, -0.15) is 18.2 Å². The fourth-order valence-electron chi connectivity index (χ4n) is 1.78. The smallest absolute Gasteiger partial charge is 0.366 e. The minimum absolute atomic E-state index is 0.255. The Bertz CT molecular complexity index is 626. The first-order valence-electron chi connectivity index (χ1n) is 6.31. The quantitative estimate of drug-likeness (QED) is 0.907. The zero-order chi connectivity index (χ0) is 15.5. The summed E-state index contributed by atoms with van der Waals surface area (Å²) in [6, 6.07) is 5.21. The summed E-state index contributed by atoms with van der Waals surface area (Å²) in [6.45, 7) is 2.08. The third-order valence-corrected chi connectivity index (χ3v) is 2.91. The van der Waals surface area contributed by atoms with Crippen molar-refractivity contribution < 1.29 is 13.2 Å².